The molecule has 0 saturated carbocycles. The molecule has 1 atom stereocenters. The first-order valence-corrected chi connectivity index (χ1v) is 5.14. The molecule has 14 heavy (non-hydrogen) atoms. The summed E-state index contributed by atoms with van der Waals surface area (Å²) in [6, 6.07) is 0. The molecular formula is C11H19NO2. The van der Waals surface area contributed by atoms with Crippen molar-refractivity contribution in [3.8, 4) is 0 Å². The highest BCUT2D eigenvalue weighted by Gasteiger charge is 2.20. The van der Waals surface area contributed by atoms with Crippen LogP contribution in [0.5, 0.6) is 0 Å². The van der Waals surface area contributed by atoms with Crippen LogP contribution in [0.4, 0.5) is 0 Å². The van der Waals surface area contributed by atoms with Crippen LogP contribution in [-0.2, 0) is 4.79 Å². The van der Waals surface area contributed by atoms with E-state index >= 15 is 0 Å². The van der Waals surface area contributed by atoms with Crippen molar-refractivity contribution in [2.24, 2.45) is 5.92 Å². The molecule has 0 saturated heterocycles. The van der Waals surface area contributed by atoms with E-state index in [1.54, 1.807) is 13.8 Å². The molecule has 3 heteroatoms. The van der Waals surface area contributed by atoms with E-state index in [9.17, 15) is 9.90 Å². The van der Waals surface area contributed by atoms with Crippen LogP contribution in [0, 0.1) is 5.92 Å². The molecule has 0 aliphatic heterocycles. The van der Waals surface area contributed by atoms with Crippen molar-refractivity contribution in [3.63, 3.8) is 0 Å². The van der Waals surface area contributed by atoms with Gasteiger partial charge in [-0.1, -0.05) is 12.2 Å². The Bertz CT molecular complexity index is 228. The van der Waals surface area contributed by atoms with Gasteiger partial charge < -0.3 is 10.4 Å². The highest BCUT2D eigenvalue weighted by molar-refractivity contribution is 5.79. The van der Waals surface area contributed by atoms with Gasteiger partial charge in [-0.2, -0.15) is 0 Å². The molecule has 0 bridgehead atoms. The highest BCUT2D eigenvalue weighted by atomic mass is 16.3. The minimum atomic E-state index is -0.819. The van der Waals surface area contributed by atoms with Crippen molar-refractivity contribution >= 4 is 5.91 Å². The molecule has 0 fully saturated rings. The number of allylic oxidation sites excluding steroid dienone is 2. The molecule has 3 nitrogen and oxygen atoms in total. The van der Waals surface area contributed by atoms with Crippen LogP contribution < -0.4 is 5.32 Å². The molecule has 1 aliphatic rings. The molecule has 0 aromatic rings. The minimum Gasteiger partial charge on any atom is -0.389 e. The summed E-state index contributed by atoms with van der Waals surface area (Å²) in [6.07, 6.45) is 6.91. The van der Waals surface area contributed by atoms with Crippen LogP contribution in [-0.4, -0.2) is 23.2 Å². The fraction of sp³-hybridized carbons (Fsp3) is 0.727. The van der Waals surface area contributed by atoms with Crippen LogP contribution >= 0.6 is 0 Å². The fourth-order valence-electron chi connectivity index (χ4n) is 1.48. The lowest BCUT2D eigenvalue weighted by atomic mass is 9.93. The van der Waals surface area contributed by atoms with Crippen molar-refractivity contribution in [1.29, 1.82) is 0 Å². The van der Waals surface area contributed by atoms with E-state index in [1.165, 1.54) is 0 Å². The third-order valence-corrected chi connectivity index (χ3v) is 2.34. The zero-order valence-corrected chi connectivity index (χ0v) is 8.92. The summed E-state index contributed by atoms with van der Waals surface area (Å²) < 4.78 is 0. The summed E-state index contributed by atoms with van der Waals surface area (Å²) in [5, 5.41) is 12.2. The molecular weight excluding hydrogens is 178 g/mol. The van der Waals surface area contributed by atoms with E-state index in [0.29, 0.717) is 6.54 Å². The van der Waals surface area contributed by atoms with Crippen molar-refractivity contribution in [2.75, 3.05) is 6.54 Å². The van der Waals surface area contributed by atoms with E-state index in [1.807, 2.05) is 0 Å². The monoisotopic (exact) mass is 197 g/mol. The van der Waals surface area contributed by atoms with Crippen molar-refractivity contribution in [2.45, 2.75) is 38.7 Å². The van der Waals surface area contributed by atoms with Gasteiger partial charge in [-0.3, -0.25) is 4.79 Å². The average molecular weight is 197 g/mol. The second kappa shape index (κ2) is 4.60. The van der Waals surface area contributed by atoms with E-state index in [2.05, 4.69) is 17.5 Å². The fourth-order valence-corrected chi connectivity index (χ4v) is 1.48. The zero-order valence-electron chi connectivity index (χ0n) is 8.92. The van der Waals surface area contributed by atoms with E-state index < -0.39 is 5.60 Å². The molecule has 1 aliphatic carbocycles. The number of hydrogen-bond acceptors (Lipinski definition) is 2. The molecule has 1 unspecified atom stereocenters. The molecule has 0 heterocycles. The predicted molar refractivity (Wildman–Crippen MR) is 55.8 cm³/mol. The van der Waals surface area contributed by atoms with E-state index in [4.69, 9.17) is 0 Å². The molecule has 0 radical (unpaired) electrons. The van der Waals surface area contributed by atoms with E-state index in [0.717, 1.165) is 19.3 Å². The smallest absolute Gasteiger partial charge is 0.223 e. The quantitative estimate of drug-likeness (QED) is 0.668. The first-order valence-electron chi connectivity index (χ1n) is 5.14. The Balaban J connectivity index is 2.31. The number of amides is 1. The number of hydrogen-bond donors (Lipinski definition) is 2. The van der Waals surface area contributed by atoms with Gasteiger partial charge in [-0.05, 0) is 33.1 Å². The van der Waals surface area contributed by atoms with Gasteiger partial charge in [0.15, 0.2) is 0 Å². The second-order valence-electron chi connectivity index (χ2n) is 4.51. The number of carbonyl (C=O) groups excluding carboxylic acids is 1. The summed E-state index contributed by atoms with van der Waals surface area (Å²) in [6.45, 7) is 3.70. The molecule has 2 N–H and O–H groups in total. The Hall–Kier alpha value is -0.830. The third kappa shape index (κ3) is 3.92. The SMILES string of the molecule is CC(C)(O)CNC(=O)C1CC=CCC1. The zero-order chi connectivity index (χ0) is 10.6. The number of nitrogens with one attached hydrogen (secondary N) is 1. The summed E-state index contributed by atoms with van der Waals surface area (Å²) >= 11 is 0. The summed E-state index contributed by atoms with van der Waals surface area (Å²) in [4.78, 5) is 11.6. The minimum absolute atomic E-state index is 0.0662. The second-order valence-corrected chi connectivity index (χ2v) is 4.51. The van der Waals surface area contributed by atoms with Crippen LogP contribution in [0.15, 0.2) is 12.2 Å². The number of rotatable bonds is 3. The summed E-state index contributed by atoms with van der Waals surface area (Å²) in [7, 11) is 0. The molecule has 0 spiro atoms. The summed E-state index contributed by atoms with van der Waals surface area (Å²) in [5.74, 6) is 0.166. The van der Waals surface area contributed by atoms with Gasteiger partial charge in [-0.15, -0.1) is 0 Å². The molecule has 0 aromatic carbocycles. The lowest BCUT2D eigenvalue weighted by Gasteiger charge is -2.21. The Kier molecular flexibility index (Phi) is 3.69. The van der Waals surface area contributed by atoms with Gasteiger partial charge in [0.1, 0.15) is 0 Å². The third-order valence-electron chi connectivity index (χ3n) is 2.34. The molecule has 1 rings (SSSR count). The molecule has 1 amide bonds. The van der Waals surface area contributed by atoms with Crippen molar-refractivity contribution in [1.82, 2.24) is 5.32 Å². The van der Waals surface area contributed by atoms with Crippen LogP contribution in [0.3, 0.4) is 0 Å². The van der Waals surface area contributed by atoms with Crippen molar-refractivity contribution in [3.05, 3.63) is 12.2 Å². The normalized spacial score (nSPS) is 22.1. The summed E-state index contributed by atoms with van der Waals surface area (Å²) in [5.41, 5.74) is -0.819. The van der Waals surface area contributed by atoms with Gasteiger partial charge in [0.25, 0.3) is 0 Å². The maximum absolute atomic E-state index is 11.6. The largest absolute Gasteiger partial charge is 0.389 e. The van der Waals surface area contributed by atoms with Crippen LogP contribution in [0.2, 0.25) is 0 Å². The van der Waals surface area contributed by atoms with Crippen LogP contribution in [0.25, 0.3) is 0 Å². The Morgan fingerprint density at radius 3 is 2.79 bits per heavy atom. The van der Waals surface area contributed by atoms with Gasteiger partial charge in [-0.25, -0.2) is 0 Å². The predicted octanol–water partition coefficient (Wildman–Crippen LogP) is 1.23. The van der Waals surface area contributed by atoms with Gasteiger partial charge >= 0.3 is 0 Å². The lowest BCUT2D eigenvalue weighted by Crippen LogP contribution is -2.41. The molecule has 0 aromatic heterocycles. The lowest BCUT2D eigenvalue weighted by molar-refractivity contribution is -0.126. The maximum Gasteiger partial charge on any atom is 0.223 e. The standard InChI is InChI=1S/C11H19NO2/c1-11(2,14)8-12-10(13)9-6-4-3-5-7-9/h3-4,9,14H,5-8H2,1-2H3,(H,12,13). The topological polar surface area (TPSA) is 49.3 Å². The van der Waals surface area contributed by atoms with Gasteiger partial charge in [0.05, 0.1) is 5.60 Å². The van der Waals surface area contributed by atoms with Crippen LogP contribution in [0.1, 0.15) is 33.1 Å². The first-order chi connectivity index (χ1) is 6.49. The first kappa shape index (κ1) is 11.2. The number of carbonyl (C=O) groups is 1. The Labute approximate surface area is 85.2 Å². The maximum atomic E-state index is 11.6. The molecule has 80 valence electrons. The Morgan fingerprint density at radius 2 is 2.29 bits per heavy atom. The van der Waals surface area contributed by atoms with Crippen molar-refractivity contribution < 1.29 is 9.90 Å². The van der Waals surface area contributed by atoms with Gasteiger partial charge in [0.2, 0.25) is 5.91 Å². The average Bonchev–Trinajstić information content (AvgIpc) is 2.14. The Morgan fingerprint density at radius 1 is 1.57 bits per heavy atom. The highest BCUT2D eigenvalue weighted by Crippen LogP contribution is 2.18. The number of aliphatic hydroxyl groups is 1. The van der Waals surface area contributed by atoms with Gasteiger partial charge in [0, 0.05) is 12.5 Å². The van der Waals surface area contributed by atoms with E-state index in [-0.39, 0.29) is 11.8 Å².